The molecule has 0 unspecified atom stereocenters. The van der Waals surface area contributed by atoms with Crippen LogP contribution in [-0.2, 0) is 4.79 Å². The van der Waals surface area contributed by atoms with Gasteiger partial charge >= 0.3 is 0 Å². The van der Waals surface area contributed by atoms with E-state index >= 15 is 0 Å². The Bertz CT molecular complexity index is 393. The average Bonchev–Trinajstić information content (AvgIpc) is 2.28. The Labute approximate surface area is 107 Å². The number of rotatable bonds is 5. The smallest absolute Gasteiger partial charge is 0.221 e. The molecule has 2 N–H and O–H groups in total. The molecule has 1 rings (SSSR count). The summed E-state index contributed by atoms with van der Waals surface area (Å²) in [5.74, 6) is -0.161. The number of anilines is 1. The summed E-state index contributed by atoms with van der Waals surface area (Å²) in [5, 5.41) is 13.0. The van der Waals surface area contributed by atoms with Crippen LogP contribution in [0.3, 0.4) is 0 Å². The predicted octanol–water partition coefficient (Wildman–Crippen LogP) is 3.52. The largest absolute Gasteiger partial charge is 0.388 e. The zero-order chi connectivity index (χ0) is 12.8. The number of halogens is 1. The highest BCUT2D eigenvalue weighted by Crippen LogP contribution is 2.27. The first-order valence-corrected chi connectivity index (χ1v) is 6.17. The molecular weight excluding hydrogens is 238 g/mol. The van der Waals surface area contributed by atoms with E-state index in [-0.39, 0.29) is 5.91 Å². The minimum atomic E-state index is -0.487. The van der Waals surface area contributed by atoms with Gasteiger partial charge in [-0.1, -0.05) is 37.4 Å². The van der Waals surface area contributed by atoms with Gasteiger partial charge in [-0.25, -0.2) is 0 Å². The van der Waals surface area contributed by atoms with Crippen molar-refractivity contribution in [1.29, 1.82) is 0 Å². The first kappa shape index (κ1) is 14.0. The number of aliphatic hydroxyl groups excluding tert-OH is 1. The van der Waals surface area contributed by atoms with E-state index < -0.39 is 6.10 Å². The maximum Gasteiger partial charge on any atom is 0.221 e. The summed E-state index contributed by atoms with van der Waals surface area (Å²) in [4.78, 5) is 10.9. The molecule has 1 aromatic carbocycles. The molecule has 0 aliphatic heterocycles. The van der Waals surface area contributed by atoms with Crippen LogP contribution in [0.15, 0.2) is 18.2 Å². The molecule has 0 aliphatic carbocycles. The molecule has 4 heteroatoms. The van der Waals surface area contributed by atoms with E-state index in [1.54, 1.807) is 18.2 Å². The molecule has 0 radical (unpaired) electrons. The molecule has 1 amide bonds. The van der Waals surface area contributed by atoms with Crippen LogP contribution in [0.25, 0.3) is 0 Å². The molecule has 17 heavy (non-hydrogen) atoms. The zero-order valence-corrected chi connectivity index (χ0v) is 10.9. The molecular formula is C13H18ClNO2. The number of carbonyl (C=O) groups excluding carboxylic acids is 1. The number of aliphatic hydroxyl groups is 1. The van der Waals surface area contributed by atoms with Gasteiger partial charge in [0.05, 0.1) is 16.8 Å². The van der Waals surface area contributed by atoms with Crippen molar-refractivity contribution in [2.24, 2.45) is 0 Å². The van der Waals surface area contributed by atoms with E-state index in [2.05, 4.69) is 12.2 Å². The molecule has 0 heterocycles. The average molecular weight is 256 g/mol. The quantitative estimate of drug-likeness (QED) is 0.846. The molecule has 0 fully saturated rings. The fourth-order valence-electron chi connectivity index (χ4n) is 1.59. The van der Waals surface area contributed by atoms with Crippen molar-refractivity contribution in [1.82, 2.24) is 0 Å². The highest BCUT2D eigenvalue weighted by Gasteiger charge is 2.10. The van der Waals surface area contributed by atoms with Crippen LogP contribution in [0.1, 0.15) is 44.8 Å². The molecule has 3 nitrogen and oxygen atoms in total. The summed E-state index contributed by atoms with van der Waals surface area (Å²) in [7, 11) is 0. The van der Waals surface area contributed by atoms with Crippen LogP contribution in [-0.4, -0.2) is 11.0 Å². The van der Waals surface area contributed by atoms with Crippen LogP contribution in [0.5, 0.6) is 0 Å². The van der Waals surface area contributed by atoms with E-state index in [1.165, 1.54) is 6.92 Å². The molecule has 0 saturated heterocycles. The van der Waals surface area contributed by atoms with Crippen LogP contribution in [0.2, 0.25) is 5.02 Å². The van der Waals surface area contributed by atoms with Gasteiger partial charge in [-0.15, -0.1) is 0 Å². The number of amides is 1. The predicted molar refractivity (Wildman–Crippen MR) is 70.2 cm³/mol. The van der Waals surface area contributed by atoms with Crippen LogP contribution in [0, 0.1) is 0 Å². The summed E-state index contributed by atoms with van der Waals surface area (Å²) >= 11 is 6.03. The minimum absolute atomic E-state index is 0.161. The van der Waals surface area contributed by atoms with Gasteiger partial charge in [-0.05, 0) is 24.1 Å². The number of benzene rings is 1. The normalized spacial score (nSPS) is 12.2. The minimum Gasteiger partial charge on any atom is -0.388 e. The van der Waals surface area contributed by atoms with Crippen molar-refractivity contribution in [3.8, 4) is 0 Å². The molecule has 0 aliphatic rings. The molecule has 0 bridgehead atoms. The Morgan fingerprint density at radius 2 is 2.24 bits per heavy atom. The lowest BCUT2D eigenvalue weighted by atomic mass is 10.0. The number of carbonyl (C=O) groups is 1. The third-order valence-corrected chi connectivity index (χ3v) is 2.83. The van der Waals surface area contributed by atoms with E-state index in [1.807, 2.05) is 0 Å². The van der Waals surface area contributed by atoms with E-state index in [0.29, 0.717) is 10.7 Å². The van der Waals surface area contributed by atoms with Crippen LogP contribution < -0.4 is 5.32 Å². The maximum atomic E-state index is 10.9. The first-order chi connectivity index (χ1) is 8.04. The van der Waals surface area contributed by atoms with Crippen molar-refractivity contribution in [3.63, 3.8) is 0 Å². The Morgan fingerprint density at radius 1 is 1.53 bits per heavy atom. The van der Waals surface area contributed by atoms with Gasteiger partial charge in [0.25, 0.3) is 0 Å². The Balaban J connectivity index is 2.77. The van der Waals surface area contributed by atoms with E-state index in [9.17, 15) is 9.90 Å². The second-order valence-corrected chi connectivity index (χ2v) is 4.49. The van der Waals surface area contributed by atoms with E-state index in [0.717, 1.165) is 24.8 Å². The molecule has 0 saturated carbocycles. The second-order valence-electron chi connectivity index (χ2n) is 4.08. The molecule has 1 atom stereocenters. The van der Waals surface area contributed by atoms with Crippen LogP contribution in [0.4, 0.5) is 5.69 Å². The van der Waals surface area contributed by atoms with Gasteiger partial charge < -0.3 is 10.4 Å². The Kier molecular flexibility index (Phi) is 5.45. The van der Waals surface area contributed by atoms with Crippen molar-refractivity contribution in [3.05, 3.63) is 28.8 Å². The van der Waals surface area contributed by atoms with Gasteiger partial charge in [0.15, 0.2) is 0 Å². The van der Waals surface area contributed by atoms with Gasteiger partial charge in [0.1, 0.15) is 0 Å². The molecule has 1 aromatic rings. The molecule has 0 spiro atoms. The fourth-order valence-corrected chi connectivity index (χ4v) is 1.83. The third-order valence-electron chi connectivity index (χ3n) is 2.52. The van der Waals surface area contributed by atoms with Crippen molar-refractivity contribution in [2.45, 2.75) is 39.2 Å². The lowest BCUT2D eigenvalue weighted by molar-refractivity contribution is -0.114. The van der Waals surface area contributed by atoms with Crippen molar-refractivity contribution in [2.75, 3.05) is 5.32 Å². The lowest BCUT2D eigenvalue weighted by Gasteiger charge is -2.12. The van der Waals surface area contributed by atoms with Gasteiger partial charge in [-0.2, -0.15) is 0 Å². The van der Waals surface area contributed by atoms with Crippen molar-refractivity contribution < 1.29 is 9.90 Å². The summed E-state index contributed by atoms with van der Waals surface area (Å²) in [6.07, 6.45) is 2.27. The maximum absolute atomic E-state index is 10.9. The molecule has 0 aromatic heterocycles. The number of hydrogen-bond acceptors (Lipinski definition) is 2. The fraction of sp³-hybridized carbons (Fsp3) is 0.462. The number of nitrogens with one attached hydrogen (secondary N) is 1. The topological polar surface area (TPSA) is 49.3 Å². The van der Waals surface area contributed by atoms with E-state index in [4.69, 9.17) is 11.6 Å². The molecule has 94 valence electrons. The lowest BCUT2D eigenvalue weighted by Crippen LogP contribution is -2.06. The Hall–Kier alpha value is -1.06. The monoisotopic (exact) mass is 255 g/mol. The van der Waals surface area contributed by atoms with Gasteiger partial charge in [0, 0.05) is 6.92 Å². The summed E-state index contributed by atoms with van der Waals surface area (Å²) in [6, 6.07) is 5.21. The summed E-state index contributed by atoms with van der Waals surface area (Å²) < 4.78 is 0. The number of unbranched alkanes of at least 4 members (excludes halogenated alkanes) is 1. The Morgan fingerprint density at radius 3 is 2.76 bits per heavy atom. The second kappa shape index (κ2) is 6.62. The highest BCUT2D eigenvalue weighted by atomic mass is 35.5. The van der Waals surface area contributed by atoms with Crippen LogP contribution >= 0.6 is 11.6 Å². The van der Waals surface area contributed by atoms with Gasteiger partial charge in [0.2, 0.25) is 5.91 Å². The highest BCUT2D eigenvalue weighted by molar-refractivity contribution is 6.33. The SMILES string of the molecule is CCCC[C@@H](O)c1ccc(NC(C)=O)c(Cl)c1. The first-order valence-electron chi connectivity index (χ1n) is 5.79. The number of hydrogen-bond donors (Lipinski definition) is 2. The third kappa shape index (κ3) is 4.36. The zero-order valence-electron chi connectivity index (χ0n) is 10.2. The van der Waals surface area contributed by atoms with Crippen molar-refractivity contribution >= 4 is 23.2 Å². The standard InChI is InChI=1S/C13H18ClNO2/c1-3-4-5-13(17)10-6-7-12(11(14)8-10)15-9(2)16/h6-8,13,17H,3-5H2,1-2H3,(H,15,16)/t13-/m1/s1. The summed E-state index contributed by atoms with van der Waals surface area (Å²) in [6.45, 7) is 3.51. The summed E-state index contributed by atoms with van der Waals surface area (Å²) in [5.41, 5.74) is 1.36. The van der Waals surface area contributed by atoms with Gasteiger partial charge in [-0.3, -0.25) is 4.79 Å².